The van der Waals surface area contributed by atoms with E-state index in [0.717, 1.165) is 25.3 Å². The van der Waals surface area contributed by atoms with E-state index < -0.39 is 0 Å². The summed E-state index contributed by atoms with van der Waals surface area (Å²) in [5.74, 6) is 0.320. The minimum Gasteiger partial charge on any atom is -0.464 e. The third kappa shape index (κ3) is 3.53. The molecule has 1 unspecified atom stereocenters. The van der Waals surface area contributed by atoms with Crippen molar-refractivity contribution in [3.63, 3.8) is 0 Å². The Bertz CT molecular complexity index is 496. The van der Waals surface area contributed by atoms with Gasteiger partial charge in [0.25, 0.3) is 0 Å². The van der Waals surface area contributed by atoms with Crippen LogP contribution in [0.1, 0.15) is 36.2 Å². The van der Waals surface area contributed by atoms with E-state index >= 15 is 0 Å². The third-order valence-corrected chi connectivity index (χ3v) is 4.31. The number of carbonyl (C=O) groups is 1. The number of hydrogen-bond acceptors (Lipinski definition) is 5. The highest BCUT2D eigenvalue weighted by molar-refractivity contribution is 5.88. The summed E-state index contributed by atoms with van der Waals surface area (Å²) in [6.07, 6.45) is 6.74. The third-order valence-electron chi connectivity index (χ3n) is 4.31. The molecule has 0 radical (unpaired) electrons. The van der Waals surface area contributed by atoms with Crippen molar-refractivity contribution in [2.75, 3.05) is 31.6 Å². The van der Waals surface area contributed by atoms with E-state index in [1.807, 2.05) is 12.1 Å². The van der Waals surface area contributed by atoms with E-state index in [4.69, 9.17) is 4.74 Å². The molecule has 1 N–H and O–H groups in total. The van der Waals surface area contributed by atoms with Gasteiger partial charge in [-0.05, 0) is 56.8 Å². The first-order valence-electron chi connectivity index (χ1n) is 7.79. The maximum Gasteiger partial charge on any atom is 0.356 e. The lowest BCUT2D eigenvalue weighted by molar-refractivity contribution is 0.0594. The summed E-state index contributed by atoms with van der Waals surface area (Å²) in [4.78, 5) is 18.2. The second-order valence-corrected chi connectivity index (χ2v) is 5.99. The van der Waals surface area contributed by atoms with Crippen LogP contribution in [0.15, 0.2) is 18.3 Å². The van der Waals surface area contributed by atoms with Gasteiger partial charge in [0.15, 0.2) is 0 Å². The quantitative estimate of drug-likeness (QED) is 0.838. The zero-order valence-electron chi connectivity index (χ0n) is 12.5. The largest absolute Gasteiger partial charge is 0.464 e. The van der Waals surface area contributed by atoms with Crippen LogP contribution in [0.25, 0.3) is 0 Å². The van der Waals surface area contributed by atoms with Gasteiger partial charge < -0.3 is 15.0 Å². The molecule has 5 heteroatoms. The first-order valence-corrected chi connectivity index (χ1v) is 7.79. The van der Waals surface area contributed by atoms with E-state index in [9.17, 15) is 4.79 Å². The average Bonchev–Trinajstić information content (AvgIpc) is 3.38. The molecule has 21 heavy (non-hydrogen) atoms. The molecule has 2 heterocycles. The van der Waals surface area contributed by atoms with Gasteiger partial charge in [-0.1, -0.05) is 0 Å². The number of carbonyl (C=O) groups excluding carboxylic acids is 1. The van der Waals surface area contributed by atoms with Crippen molar-refractivity contribution >= 4 is 11.7 Å². The highest BCUT2D eigenvalue weighted by Crippen LogP contribution is 2.33. The summed E-state index contributed by atoms with van der Waals surface area (Å²) in [6, 6.07) is 4.49. The van der Waals surface area contributed by atoms with Gasteiger partial charge in [0.2, 0.25) is 0 Å². The minimum atomic E-state index is -0.369. The molecule has 1 saturated heterocycles. The van der Waals surface area contributed by atoms with Crippen LogP contribution >= 0.6 is 0 Å². The summed E-state index contributed by atoms with van der Waals surface area (Å²) in [6.45, 7) is 3.29. The number of methoxy groups -OCH3 is 1. The molecule has 0 amide bonds. The van der Waals surface area contributed by atoms with Crippen molar-refractivity contribution < 1.29 is 9.53 Å². The molecule has 0 aromatic carbocycles. The number of piperidine rings is 1. The molecule has 1 atom stereocenters. The fourth-order valence-electron chi connectivity index (χ4n) is 3.02. The number of nitrogens with one attached hydrogen (secondary N) is 1. The molecule has 2 fully saturated rings. The van der Waals surface area contributed by atoms with Gasteiger partial charge >= 0.3 is 5.97 Å². The molecule has 3 rings (SSSR count). The molecule has 5 nitrogen and oxygen atoms in total. The lowest BCUT2D eigenvalue weighted by Crippen LogP contribution is -2.39. The van der Waals surface area contributed by atoms with Gasteiger partial charge in [0, 0.05) is 24.5 Å². The standard InChI is InChI=1S/C16H23N3O2/c1-21-16(20)15-9-14(6-8-18-15)19(13-4-5-13)11-12-3-2-7-17-10-12/h6,8-9,12-13,17H,2-5,7,10-11H2,1H3. The Balaban J connectivity index is 1.75. The van der Waals surface area contributed by atoms with Crippen molar-refractivity contribution in [3.05, 3.63) is 24.0 Å². The van der Waals surface area contributed by atoms with Crippen LogP contribution in [0.3, 0.4) is 0 Å². The van der Waals surface area contributed by atoms with Crippen LogP contribution in [0, 0.1) is 5.92 Å². The second kappa shape index (κ2) is 6.43. The van der Waals surface area contributed by atoms with Gasteiger partial charge in [0.05, 0.1) is 7.11 Å². The zero-order chi connectivity index (χ0) is 14.7. The number of anilines is 1. The monoisotopic (exact) mass is 289 g/mol. The van der Waals surface area contributed by atoms with E-state index in [-0.39, 0.29) is 5.97 Å². The first kappa shape index (κ1) is 14.3. The lowest BCUT2D eigenvalue weighted by Gasteiger charge is -2.32. The van der Waals surface area contributed by atoms with Gasteiger partial charge in [0.1, 0.15) is 5.69 Å². The molecular formula is C16H23N3O2. The number of aromatic nitrogens is 1. The molecule has 1 aliphatic carbocycles. The van der Waals surface area contributed by atoms with Crippen molar-refractivity contribution in [1.29, 1.82) is 0 Å². The summed E-state index contributed by atoms with van der Waals surface area (Å²) in [7, 11) is 1.39. The molecule has 0 spiro atoms. The maximum absolute atomic E-state index is 11.7. The predicted molar refractivity (Wildman–Crippen MR) is 81.5 cm³/mol. The van der Waals surface area contributed by atoms with Crippen LogP contribution in [0.2, 0.25) is 0 Å². The normalized spacial score (nSPS) is 21.9. The number of pyridine rings is 1. The van der Waals surface area contributed by atoms with E-state index in [0.29, 0.717) is 17.7 Å². The van der Waals surface area contributed by atoms with Crippen molar-refractivity contribution in [2.24, 2.45) is 5.92 Å². The van der Waals surface area contributed by atoms with Crippen molar-refractivity contribution in [1.82, 2.24) is 10.3 Å². The zero-order valence-corrected chi connectivity index (χ0v) is 12.5. The summed E-state index contributed by atoms with van der Waals surface area (Å²) in [5, 5.41) is 3.48. The van der Waals surface area contributed by atoms with Crippen LogP contribution in [0.5, 0.6) is 0 Å². The highest BCUT2D eigenvalue weighted by atomic mass is 16.5. The average molecular weight is 289 g/mol. The van der Waals surface area contributed by atoms with Gasteiger partial charge in [-0.15, -0.1) is 0 Å². The van der Waals surface area contributed by atoms with Crippen molar-refractivity contribution in [2.45, 2.75) is 31.7 Å². The van der Waals surface area contributed by atoms with Crippen LogP contribution in [0.4, 0.5) is 5.69 Å². The Labute approximate surface area is 125 Å². The first-order chi connectivity index (χ1) is 10.3. The molecule has 114 valence electrons. The molecule has 1 aromatic rings. The van der Waals surface area contributed by atoms with Gasteiger partial charge in [-0.25, -0.2) is 9.78 Å². The molecular weight excluding hydrogens is 266 g/mol. The van der Waals surface area contributed by atoms with Crippen LogP contribution in [-0.4, -0.2) is 43.7 Å². The number of ether oxygens (including phenoxy) is 1. The van der Waals surface area contributed by atoms with E-state index in [1.165, 1.54) is 32.8 Å². The van der Waals surface area contributed by atoms with Gasteiger partial charge in [-0.2, -0.15) is 0 Å². The molecule has 0 bridgehead atoms. The molecule has 1 aromatic heterocycles. The molecule has 1 aliphatic heterocycles. The fraction of sp³-hybridized carbons (Fsp3) is 0.625. The Morgan fingerprint density at radius 1 is 1.48 bits per heavy atom. The summed E-state index contributed by atoms with van der Waals surface area (Å²) < 4.78 is 4.77. The Hall–Kier alpha value is -1.62. The predicted octanol–water partition coefficient (Wildman–Crippen LogP) is 1.84. The van der Waals surface area contributed by atoms with Crippen LogP contribution < -0.4 is 10.2 Å². The van der Waals surface area contributed by atoms with E-state index in [2.05, 4.69) is 15.2 Å². The lowest BCUT2D eigenvalue weighted by atomic mass is 9.98. The second-order valence-electron chi connectivity index (χ2n) is 5.99. The topological polar surface area (TPSA) is 54.5 Å². The Kier molecular flexibility index (Phi) is 4.39. The number of rotatable bonds is 5. The smallest absolute Gasteiger partial charge is 0.356 e. The number of hydrogen-bond donors (Lipinski definition) is 1. The molecule has 1 saturated carbocycles. The fourth-order valence-corrected chi connectivity index (χ4v) is 3.02. The van der Waals surface area contributed by atoms with Crippen LogP contribution in [-0.2, 0) is 4.74 Å². The minimum absolute atomic E-state index is 0.369. The summed E-state index contributed by atoms with van der Waals surface area (Å²) >= 11 is 0. The summed E-state index contributed by atoms with van der Waals surface area (Å²) in [5.41, 5.74) is 1.49. The van der Waals surface area contributed by atoms with Crippen molar-refractivity contribution in [3.8, 4) is 0 Å². The number of esters is 1. The Morgan fingerprint density at radius 2 is 2.33 bits per heavy atom. The SMILES string of the molecule is COC(=O)c1cc(N(CC2CCCNC2)C2CC2)ccn1. The van der Waals surface area contributed by atoms with Gasteiger partial charge in [-0.3, -0.25) is 0 Å². The maximum atomic E-state index is 11.7. The number of nitrogens with zero attached hydrogens (tertiary/aromatic N) is 2. The molecule has 2 aliphatic rings. The Morgan fingerprint density at radius 3 is 3.00 bits per heavy atom. The van der Waals surface area contributed by atoms with E-state index in [1.54, 1.807) is 6.20 Å². The highest BCUT2D eigenvalue weighted by Gasteiger charge is 2.31.